The summed E-state index contributed by atoms with van der Waals surface area (Å²) in [6.45, 7) is 3.18. The van der Waals surface area contributed by atoms with E-state index in [2.05, 4.69) is 0 Å². The van der Waals surface area contributed by atoms with E-state index in [1.165, 1.54) is 7.11 Å². The van der Waals surface area contributed by atoms with E-state index in [0.29, 0.717) is 21.3 Å². The van der Waals surface area contributed by atoms with E-state index < -0.39 is 37.5 Å². The van der Waals surface area contributed by atoms with Crippen molar-refractivity contribution in [3.8, 4) is 5.75 Å². The molecule has 148 valence electrons. The molecule has 0 N–H and O–H groups in total. The molecule has 28 heavy (non-hydrogen) atoms. The largest absolute Gasteiger partial charge is 0.497 e. The Bertz CT molecular complexity index is 1080. The Kier molecular flexibility index (Phi) is 4.79. The van der Waals surface area contributed by atoms with Crippen LogP contribution in [0.3, 0.4) is 0 Å². The number of nitro groups is 2. The molecule has 0 saturated carbocycles. The second-order valence-corrected chi connectivity index (χ2v) is 7.78. The number of benzene rings is 2. The van der Waals surface area contributed by atoms with Crippen LogP contribution in [0.25, 0.3) is 0 Å². The Morgan fingerprint density at radius 3 is 2.18 bits per heavy atom. The molecule has 0 aromatic heterocycles. The quantitative estimate of drug-likeness (QED) is 0.402. The monoisotopic (exact) mass is 409 g/mol. The summed E-state index contributed by atoms with van der Waals surface area (Å²) in [4.78, 5) is 25.6. The zero-order valence-corrected chi connectivity index (χ0v) is 15.8. The molecule has 2 aromatic rings. The number of nitro benzene ring substituents is 2. The molecule has 11 nitrogen and oxygen atoms in total. The van der Waals surface area contributed by atoms with Gasteiger partial charge in [0.15, 0.2) is 0 Å². The zero-order valence-electron chi connectivity index (χ0n) is 15.0. The van der Waals surface area contributed by atoms with Gasteiger partial charge in [0.2, 0.25) is 6.23 Å². The molecular formula is C16H15N3O8S. The van der Waals surface area contributed by atoms with E-state index in [4.69, 9.17) is 9.57 Å². The highest BCUT2D eigenvalue weighted by molar-refractivity contribution is 7.89. The maximum atomic E-state index is 13.0. The van der Waals surface area contributed by atoms with Crippen LogP contribution in [0.4, 0.5) is 11.4 Å². The average molecular weight is 409 g/mol. The number of hydrogen-bond donors (Lipinski definition) is 0. The summed E-state index contributed by atoms with van der Waals surface area (Å²) in [7, 11) is -2.66. The summed E-state index contributed by atoms with van der Waals surface area (Å²) in [6, 6.07) is 6.04. The Hall–Kier alpha value is -3.09. The molecule has 1 fully saturated rings. The van der Waals surface area contributed by atoms with Gasteiger partial charge < -0.3 is 4.74 Å². The van der Waals surface area contributed by atoms with Gasteiger partial charge in [-0.1, -0.05) is 0 Å². The van der Waals surface area contributed by atoms with Crippen LogP contribution in [0.15, 0.2) is 35.2 Å². The topological polar surface area (TPSA) is 145 Å². The van der Waals surface area contributed by atoms with Crippen LogP contribution >= 0.6 is 0 Å². The molecule has 1 saturated heterocycles. The fourth-order valence-electron chi connectivity index (χ4n) is 2.96. The first-order chi connectivity index (χ1) is 13.1. The Balaban J connectivity index is 2.00. The minimum Gasteiger partial charge on any atom is -0.497 e. The highest BCUT2D eigenvalue weighted by Crippen LogP contribution is 2.47. The third-order valence-electron chi connectivity index (χ3n) is 4.20. The molecule has 2 atom stereocenters. The molecule has 3 rings (SSSR count). The lowest BCUT2D eigenvalue weighted by Gasteiger charge is -2.12. The molecule has 0 amide bonds. The van der Waals surface area contributed by atoms with Gasteiger partial charge in [-0.3, -0.25) is 25.1 Å². The molecule has 1 heterocycles. The van der Waals surface area contributed by atoms with Crippen LogP contribution in [0.1, 0.15) is 22.9 Å². The number of non-ortho nitro benzene ring substituents is 1. The summed E-state index contributed by atoms with van der Waals surface area (Å²) in [5.74, 6) is 0.489. The number of hydrogen-bond acceptors (Lipinski definition) is 8. The normalized spacial score (nSPS) is 18.5. The van der Waals surface area contributed by atoms with Gasteiger partial charge in [0.1, 0.15) is 5.75 Å². The number of nitrogens with zero attached hydrogens (tertiary/aromatic N) is 3. The minimum atomic E-state index is -4.12. The number of ether oxygens (including phenoxy) is 1. The number of sulfonamides is 1. The van der Waals surface area contributed by atoms with Crippen molar-refractivity contribution in [2.45, 2.75) is 25.0 Å². The van der Waals surface area contributed by atoms with Crippen LogP contribution in [-0.4, -0.2) is 29.8 Å². The van der Waals surface area contributed by atoms with Crippen molar-refractivity contribution >= 4 is 21.4 Å². The Labute approximate surface area is 159 Å². The summed E-state index contributed by atoms with van der Waals surface area (Å²) in [5.41, 5.74) is -0.330. The van der Waals surface area contributed by atoms with Gasteiger partial charge in [-0.2, -0.15) is 0 Å². The summed E-state index contributed by atoms with van der Waals surface area (Å²) in [5, 5.41) is 22.1. The Morgan fingerprint density at radius 1 is 1.07 bits per heavy atom. The van der Waals surface area contributed by atoms with Crippen molar-refractivity contribution in [3.05, 3.63) is 67.3 Å². The van der Waals surface area contributed by atoms with Crippen molar-refractivity contribution in [1.29, 1.82) is 0 Å². The van der Waals surface area contributed by atoms with Gasteiger partial charge in [-0.15, -0.1) is 0 Å². The van der Waals surface area contributed by atoms with Crippen LogP contribution in [0, 0.1) is 34.1 Å². The standard InChI is InChI=1S/C16H15N3O8S/c1-9-6-12(26-3)7-10(2)15(9)28(24,25)19-16(27-19)13-5-4-11(17(20)21)8-14(13)18(22)23/h4-8,16H,1-3H3. The number of rotatable bonds is 6. The number of aryl methyl sites for hydroxylation is 2. The van der Waals surface area contributed by atoms with E-state index in [1.54, 1.807) is 26.0 Å². The predicted molar refractivity (Wildman–Crippen MR) is 95.1 cm³/mol. The third-order valence-corrected chi connectivity index (χ3v) is 6.11. The number of methoxy groups -OCH3 is 1. The highest BCUT2D eigenvalue weighted by Gasteiger charge is 2.52. The average Bonchev–Trinajstić information content (AvgIpc) is 3.41. The van der Waals surface area contributed by atoms with Crippen LogP contribution in [0.5, 0.6) is 5.75 Å². The third kappa shape index (κ3) is 3.28. The lowest BCUT2D eigenvalue weighted by atomic mass is 10.1. The molecule has 1 aliphatic rings. The van der Waals surface area contributed by atoms with E-state index in [9.17, 15) is 28.6 Å². The van der Waals surface area contributed by atoms with E-state index in [1.807, 2.05) is 0 Å². The lowest BCUT2D eigenvalue weighted by molar-refractivity contribution is -0.394. The maximum absolute atomic E-state index is 13.0. The molecule has 0 radical (unpaired) electrons. The molecule has 12 heteroatoms. The van der Waals surface area contributed by atoms with Gasteiger partial charge >= 0.3 is 0 Å². The van der Waals surface area contributed by atoms with Crippen molar-refractivity contribution in [1.82, 2.24) is 4.47 Å². The van der Waals surface area contributed by atoms with Crippen molar-refractivity contribution < 1.29 is 27.8 Å². The van der Waals surface area contributed by atoms with Crippen molar-refractivity contribution in [2.24, 2.45) is 0 Å². The first-order valence-electron chi connectivity index (χ1n) is 7.87. The van der Waals surface area contributed by atoms with Gasteiger partial charge in [0, 0.05) is 6.07 Å². The van der Waals surface area contributed by atoms with Gasteiger partial charge in [0.25, 0.3) is 21.4 Å². The second-order valence-electron chi connectivity index (χ2n) is 6.07. The van der Waals surface area contributed by atoms with Crippen molar-refractivity contribution in [3.63, 3.8) is 0 Å². The summed E-state index contributed by atoms with van der Waals surface area (Å²) < 4.78 is 31.7. The maximum Gasteiger partial charge on any atom is 0.283 e. The SMILES string of the molecule is COc1cc(C)c(S(=O)(=O)N2OC2c2ccc([N+](=O)[O-])cc2[N+](=O)[O-])c(C)c1. The summed E-state index contributed by atoms with van der Waals surface area (Å²) >= 11 is 0. The molecule has 1 aliphatic heterocycles. The fourth-order valence-corrected chi connectivity index (χ4v) is 4.63. The minimum absolute atomic E-state index is 0.000338. The smallest absolute Gasteiger partial charge is 0.283 e. The van der Waals surface area contributed by atoms with Crippen LogP contribution in [0.2, 0.25) is 0 Å². The summed E-state index contributed by atoms with van der Waals surface area (Å²) in [6.07, 6.45) is -1.24. The zero-order chi connectivity index (χ0) is 20.8. The molecule has 0 aliphatic carbocycles. The first kappa shape index (κ1) is 19.7. The molecule has 2 unspecified atom stereocenters. The van der Waals surface area contributed by atoms with Crippen molar-refractivity contribution in [2.75, 3.05) is 7.11 Å². The Morgan fingerprint density at radius 2 is 1.68 bits per heavy atom. The van der Waals surface area contributed by atoms with Crippen LogP contribution in [-0.2, 0) is 14.9 Å². The van der Waals surface area contributed by atoms with E-state index in [-0.39, 0.29) is 10.5 Å². The van der Waals surface area contributed by atoms with Crippen LogP contribution < -0.4 is 4.74 Å². The van der Waals surface area contributed by atoms with Gasteiger partial charge in [-0.25, -0.2) is 8.42 Å². The molecule has 0 spiro atoms. The van der Waals surface area contributed by atoms with Gasteiger partial charge in [0.05, 0.1) is 33.5 Å². The number of hydroxylamine groups is 1. The second kappa shape index (κ2) is 6.82. The van der Waals surface area contributed by atoms with Gasteiger partial charge in [-0.05, 0) is 47.6 Å². The fraction of sp³-hybridized carbons (Fsp3) is 0.250. The predicted octanol–water partition coefficient (Wildman–Crippen LogP) is 2.76. The molecule has 0 bridgehead atoms. The van der Waals surface area contributed by atoms with E-state index >= 15 is 0 Å². The first-order valence-corrected chi connectivity index (χ1v) is 9.31. The molecular weight excluding hydrogens is 394 g/mol. The highest BCUT2D eigenvalue weighted by atomic mass is 32.2. The lowest BCUT2D eigenvalue weighted by Crippen LogP contribution is -2.16. The molecule has 2 aromatic carbocycles. The van der Waals surface area contributed by atoms with E-state index in [0.717, 1.165) is 18.2 Å².